The lowest BCUT2D eigenvalue weighted by Crippen LogP contribution is -2.43. The first kappa shape index (κ1) is 23.0. The van der Waals surface area contributed by atoms with Gasteiger partial charge in [0.25, 0.3) is 0 Å². The summed E-state index contributed by atoms with van der Waals surface area (Å²) in [6.45, 7) is 6.37. The molecule has 0 aromatic heterocycles. The van der Waals surface area contributed by atoms with E-state index < -0.39 is 0 Å². The fourth-order valence-corrected chi connectivity index (χ4v) is 4.81. The summed E-state index contributed by atoms with van der Waals surface area (Å²) in [5, 5.41) is 4.14. The van der Waals surface area contributed by atoms with Crippen molar-refractivity contribution < 1.29 is 4.79 Å². The molecule has 0 bridgehead atoms. The van der Waals surface area contributed by atoms with Gasteiger partial charge in [0.2, 0.25) is 0 Å². The van der Waals surface area contributed by atoms with Crippen LogP contribution in [0, 0.1) is 0 Å². The Morgan fingerprint density at radius 2 is 1.54 bits per heavy atom. The molecular weight excluding hydrogens is 386 g/mol. The number of thioether (sulfide) groups is 1. The van der Waals surface area contributed by atoms with E-state index in [1.165, 1.54) is 23.3 Å². The summed E-state index contributed by atoms with van der Waals surface area (Å²) in [7, 11) is 0. The van der Waals surface area contributed by atoms with E-state index in [0.29, 0.717) is 17.2 Å². The molecule has 3 rings (SSSR count). The average molecular weight is 418 g/mol. The van der Waals surface area contributed by atoms with Gasteiger partial charge in [0.1, 0.15) is 0 Å². The fourth-order valence-electron chi connectivity index (χ4n) is 3.97. The lowest BCUT2D eigenvalue weighted by atomic mass is 9.81. The molecule has 2 aromatic carbocycles. The van der Waals surface area contributed by atoms with Crippen molar-refractivity contribution in [1.82, 2.24) is 5.32 Å². The van der Waals surface area contributed by atoms with Crippen molar-refractivity contribution in [2.45, 2.75) is 74.6 Å². The maximum absolute atomic E-state index is 12.8. The van der Waals surface area contributed by atoms with Gasteiger partial charge in [0, 0.05) is 21.8 Å². The maximum atomic E-state index is 12.8. The Balaban J connectivity index is 0.00000280. The number of halogens is 1. The molecule has 1 atom stereocenters. The van der Waals surface area contributed by atoms with Gasteiger partial charge in [0.15, 0.2) is 5.78 Å². The highest BCUT2D eigenvalue weighted by atomic mass is 35.5. The van der Waals surface area contributed by atoms with Crippen LogP contribution in [-0.2, 0) is 0 Å². The number of Topliss-reactive ketones (excluding diaryl/α,β-unsaturated/α-hetero) is 1. The van der Waals surface area contributed by atoms with Crippen molar-refractivity contribution in [3.05, 3.63) is 65.7 Å². The smallest absolute Gasteiger partial charge is 0.179 e. The van der Waals surface area contributed by atoms with Gasteiger partial charge in [-0.3, -0.25) is 4.79 Å². The molecule has 1 unspecified atom stereocenters. The minimum atomic E-state index is -0.133. The Hall–Kier alpha value is -1.29. The molecule has 0 heterocycles. The van der Waals surface area contributed by atoms with Crippen LogP contribution in [0.15, 0.2) is 59.5 Å². The summed E-state index contributed by atoms with van der Waals surface area (Å²) >= 11 is 1.83. The molecule has 2 aromatic rings. The summed E-state index contributed by atoms with van der Waals surface area (Å²) < 4.78 is 0. The first-order valence-electron chi connectivity index (χ1n) is 10.1. The molecule has 28 heavy (non-hydrogen) atoms. The zero-order valence-electron chi connectivity index (χ0n) is 17.1. The van der Waals surface area contributed by atoms with E-state index in [1.807, 2.05) is 30.8 Å². The van der Waals surface area contributed by atoms with E-state index in [9.17, 15) is 4.79 Å². The van der Waals surface area contributed by atoms with Gasteiger partial charge in [0.05, 0.1) is 6.04 Å². The number of hydrogen-bond acceptors (Lipinski definition) is 3. The van der Waals surface area contributed by atoms with Gasteiger partial charge in [-0.05, 0) is 56.2 Å². The van der Waals surface area contributed by atoms with Crippen LogP contribution >= 0.6 is 24.2 Å². The molecule has 1 aliphatic rings. The number of nitrogens with one attached hydrogen (secondary N) is 1. The van der Waals surface area contributed by atoms with Gasteiger partial charge in [-0.2, -0.15) is 0 Å². The van der Waals surface area contributed by atoms with Crippen LogP contribution in [0.2, 0.25) is 0 Å². The van der Waals surface area contributed by atoms with Crippen molar-refractivity contribution >= 4 is 30.0 Å². The van der Waals surface area contributed by atoms with Crippen LogP contribution in [0.5, 0.6) is 0 Å². The topological polar surface area (TPSA) is 29.1 Å². The van der Waals surface area contributed by atoms with E-state index in [2.05, 4.69) is 61.6 Å². The SMILES string of the molecule is CC(C)Sc1ccc(C(=O)C(C)N[C@H]2CC[C@H](c3ccccc3)CC2)cc1.Cl. The standard InChI is InChI=1S/C24H31NOS.ClH/c1-17(2)27-23-15-11-21(12-16-23)24(26)18(3)25-22-13-9-20(10-14-22)19-7-5-4-6-8-19;/h4-8,11-12,15-18,20,22,25H,9-10,13-14H2,1-3H3;1H/t18?,20-,22-;. The van der Waals surface area contributed by atoms with E-state index in [4.69, 9.17) is 0 Å². The van der Waals surface area contributed by atoms with Crippen molar-refractivity contribution in [2.75, 3.05) is 0 Å². The maximum Gasteiger partial charge on any atom is 0.179 e. The lowest BCUT2D eigenvalue weighted by Gasteiger charge is -2.31. The molecule has 152 valence electrons. The molecule has 0 amide bonds. The highest BCUT2D eigenvalue weighted by molar-refractivity contribution is 7.99. The molecule has 0 aliphatic heterocycles. The van der Waals surface area contributed by atoms with E-state index >= 15 is 0 Å². The number of rotatable bonds is 7. The molecule has 2 nitrogen and oxygen atoms in total. The highest BCUT2D eigenvalue weighted by Crippen LogP contribution is 2.33. The number of ketones is 1. The van der Waals surface area contributed by atoms with Crippen molar-refractivity contribution in [3.63, 3.8) is 0 Å². The summed E-state index contributed by atoms with van der Waals surface area (Å²) in [4.78, 5) is 14.0. The Kier molecular flexibility index (Phi) is 9.07. The third-order valence-corrected chi connectivity index (χ3v) is 6.40. The molecule has 1 aliphatic carbocycles. The van der Waals surface area contributed by atoms with Crippen LogP contribution < -0.4 is 5.32 Å². The van der Waals surface area contributed by atoms with E-state index in [-0.39, 0.29) is 24.2 Å². The summed E-state index contributed by atoms with van der Waals surface area (Å²) in [6, 6.07) is 19.2. The number of carbonyl (C=O) groups is 1. The van der Waals surface area contributed by atoms with E-state index in [0.717, 1.165) is 18.4 Å². The van der Waals surface area contributed by atoms with Crippen molar-refractivity contribution in [1.29, 1.82) is 0 Å². The molecule has 0 saturated heterocycles. The van der Waals surface area contributed by atoms with Gasteiger partial charge in [-0.15, -0.1) is 24.2 Å². The first-order chi connectivity index (χ1) is 13.0. The van der Waals surface area contributed by atoms with Gasteiger partial charge in [-0.1, -0.05) is 56.3 Å². The number of carbonyl (C=O) groups excluding carboxylic acids is 1. The molecule has 0 radical (unpaired) electrons. The van der Waals surface area contributed by atoms with Gasteiger partial charge in [-0.25, -0.2) is 0 Å². The van der Waals surface area contributed by atoms with E-state index in [1.54, 1.807) is 0 Å². The average Bonchev–Trinajstić information content (AvgIpc) is 2.69. The number of hydrogen-bond donors (Lipinski definition) is 1. The zero-order valence-corrected chi connectivity index (χ0v) is 18.7. The van der Waals surface area contributed by atoms with Crippen LogP contribution in [-0.4, -0.2) is 23.1 Å². The zero-order chi connectivity index (χ0) is 19.2. The summed E-state index contributed by atoms with van der Waals surface area (Å²) in [6.07, 6.45) is 4.68. The summed E-state index contributed by atoms with van der Waals surface area (Å²) in [5.41, 5.74) is 2.26. The van der Waals surface area contributed by atoms with Crippen LogP contribution in [0.4, 0.5) is 0 Å². The monoisotopic (exact) mass is 417 g/mol. The predicted octanol–water partition coefficient (Wildman–Crippen LogP) is 6.50. The molecule has 1 N–H and O–H groups in total. The predicted molar refractivity (Wildman–Crippen MR) is 123 cm³/mol. The fraction of sp³-hybridized carbons (Fsp3) is 0.458. The van der Waals surface area contributed by atoms with Gasteiger partial charge < -0.3 is 5.32 Å². The Morgan fingerprint density at radius 1 is 0.929 bits per heavy atom. The second kappa shape index (κ2) is 11.0. The summed E-state index contributed by atoms with van der Waals surface area (Å²) in [5.74, 6) is 0.863. The first-order valence-corrected chi connectivity index (χ1v) is 11.0. The normalized spacial score (nSPS) is 20.4. The molecule has 1 saturated carbocycles. The number of benzene rings is 2. The largest absolute Gasteiger partial charge is 0.305 e. The third kappa shape index (κ3) is 6.37. The van der Waals surface area contributed by atoms with Crippen molar-refractivity contribution in [3.8, 4) is 0 Å². The molecule has 1 fully saturated rings. The third-order valence-electron chi connectivity index (χ3n) is 5.39. The molecule has 4 heteroatoms. The molecule has 0 spiro atoms. The second-order valence-corrected chi connectivity index (χ2v) is 9.55. The quantitative estimate of drug-likeness (QED) is 0.412. The Bertz CT molecular complexity index is 724. The van der Waals surface area contributed by atoms with Crippen LogP contribution in [0.1, 0.15) is 68.3 Å². The Morgan fingerprint density at radius 3 is 2.11 bits per heavy atom. The minimum absolute atomic E-state index is 0. The van der Waals surface area contributed by atoms with Crippen LogP contribution in [0.3, 0.4) is 0 Å². The second-order valence-electron chi connectivity index (χ2n) is 7.90. The minimum Gasteiger partial charge on any atom is -0.305 e. The Labute approximate surface area is 180 Å². The highest BCUT2D eigenvalue weighted by Gasteiger charge is 2.25. The van der Waals surface area contributed by atoms with Gasteiger partial charge >= 0.3 is 0 Å². The lowest BCUT2D eigenvalue weighted by molar-refractivity contribution is 0.0939. The van der Waals surface area contributed by atoms with Crippen LogP contribution in [0.25, 0.3) is 0 Å². The molecular formula is C24H32ClNOS. The van der Waals surface area contributed by atoms with Crippen molar-refractivity contribution in [2.24, 2.45) is 0 Å².